The van der Waals surface area contributed by atoms with Crippen LogP contribution >= 0.6 is 11.8 Å². The largest absolute Gasteiger partial charge is 0.497 e. The first-order valence-corrected chi connectivity index (χ1v) is 10.0. The van der Waals surface area contributed by atoms with E-state index in [0.717, 1.165) is 23.1 Å². The Hall–Kier alpha value is -3.33. The molecule has 0 saturated carbocycles. The lowest BCUT2D eigenvalue weighted by molar-refractivity contribution is -0.116. The normalized spacial score (nSPS) is 10.5. The molecule has 0 radical (unpaired) electrons. The highest BCUT2D eigenvalue weighted by Gasteiger charge is 2.14. The van der Waals surface area contributed by atoms with Crippen molar-refractivity contribution in [1.29, 1.82) is 0 Å². The smallest absolute Gasteiger partial charge is 0.286 e. The van der Waals surface area contributed by atoms with Crippen LogP contribution in [0.4, 0.5) is 10.5 Å². The minimum absolute atomic E-state index is 0.117. The zero-order chi connectivity index (χ0) is 21.5. The lowest BCUT2D eigenvalue weighted by Crippen LogP contribution is -2.17. The molecule has 0 spiro atoms. The van der Waals surface area contributed by atoms with Crippen LogP contribution in [0.15, 0.2) is 57.9 Å². The van der Waals surface area contributed by atoms with E-state index >= 15 is 0 Å². The van der Waals surface area contributed by atoms with Crippen molar-refractivity contribution < 1.29 is 18.8 Å². The number of hydrogen-bond donors (Lipinski definition) is 1. The molecule has 0 saturated heterocycles. The molecular weight excluding hydrogens is 404 g/mol. The van der Waals surface area contributed by atoms with E-state index in [1.165, 1.54) is 4.90 Å². The van der Waals surface area contributed by atoms with Gasteiger partial charge in [0.2, 0.25) is 17.6 Å². The van der Waals surface area contributed by atoms with E-state index in [1.54, 1.807) is 39.4 Å². The molecule has 0 fully saturated rings. The number of nitrogens with one attached hydrogen (secondary N) is 1. The van der Waals surface area contributed by atoms with Gasteiger partial charge in [0.25, 0.3) is 5.24 Å². The van der Waals surface area contributed by atoms with Gasteiger partial charge in [0.05, 0.1) is 12.8 Å². The molecule has 8 nitrogen and oxygen atoms in total. The molecule has 0 bridgehead atoms. The minimum atomic E-state index is -0.204. The SMILES string of the molecule is COc1ccc(-c2noc(CCC(=O)Nc3ccccc3SC(=O)N(C)C)n2)cc1. The van der Waals surface area contributed by atoms with Gasteiger partial charge in [-0.15, -0.1) is 0 Å². The minimum Gasteiger partial charge on any atom is -0.497 e. The summed E-state index contributed by atoms with van der Waals surface area (Å²) in [6.07, 6.45) is 0.478. The summed E-state index contributed by atoms with van der Waals surface area (Å²) in [4.78, 5) is 30.9. The summed E-state index contributed by atoms with van der Waals surface area (Å²) >= 11 is 1.06. The van der Waals surface area contributed by atoms with Gasteiger partial charge in [-0.3, -0.25) is 9.59 Å². The number of carbonyl (C=O) groups excluding carboxylic acids is 2. The average molecular weight is 426 g/mol. The van der Waals surface area contributed by atoms with E-state index < -0.39 is 0 Å². The summed E-state index contributed by atoms with van der Waals surface area (Å²) in [5.74, 6) is 1.37. The van der Waals surface area contributed by atoms with E-state index in [-0.39, 0.29) is 17.6 Å². The summed E-state index contributed by atoms with van der Waals surface area (Å²) in [6, 6.07) is 14.5. The first-order chi connectivity index (χ1) is 14.5. The highest BCUT2D eigenvalue weighted by Crippen LogP contribution is 2.28. The molecule has 3 rings (SSSR count). The maximum absolute atomic E-state index is 12.4. The average Bonchev–Trinajstić information content (AvgIpc) is 3.22. The van der Waals surface area contributed by atoms with Crippen molar-refractivity contribution in [3.8, 4) is 17.1 Å². The summed E-state index contributed by atoms with van der Waals surface area (Å²) < 4.78 is 10.4. The van der Waals surface area contributed by atoms with Gasteiger partial charge in [-0.1, -0.05) is 17.3 Å². The molecule has 1 aromatic heterocycles. The molecule has 2 amide bonds. The van der Waals surface area contributed by atoms with Crippen molar-refractivity contribution in [3.05, 3.63) is 54.4 Å². The number of nitrogens with zero attached hydrogens (tertiary/aromatic N) is 3. The van der Waals surface area contributed by atoms with Crippen LogP contribution in [0.3, 0.4) is 0 Å². The number of carbonyl (C=O) groups is 2. The lowest BCUT2D eigenvalue weighted by atomic mass is 10.2. The number of aryl methyl sites for hydroxylation is 1. The van der Waals surface area contributed by atoms with Crippen LogP contribution in [0.1, 0.15) is 12.3 Å². The molecule has 3 aromatic rings. The quantitative estimate of drug-likeness (QED) is 0.568. The molecule has 1 N–H and O–H groups in total. The highest BCUT2D eigenvalue weighted by atomic mass is 32.2. The number of hydrogen-bond acceptors (Lipinski definition) is 7. The van der Waals surface area contributed by atoms with Gasteiger partial charge in [0, 0.05) is 37.4 Å². The van der Waals surface area contributed by atoms with E-state index in [0.29, 0.717) is 28.7 Å². The standard InChI is InChI=1S/C21H22N4O4S/c1-25(2)21(27)30-17-7-5-4-6-16(17)22-18(26)12-13-19-23-20(24-29-19)14-8-10-15(28-3)11-9-14/h4-11H,12-13H2,1-3H3,(H,22,26). The van der Waals surface area contributed by atoms with Crippen molar-refractivity contribution in [3.63, 3.8) is 0 Å². The van der Waals surface area contributed by atoms with E-state index in [9.17, 15) is 9.59 Å². The van der Waals surface area contributed by atoms with Gasteiger partial charge >= 0.3 is 0 Å². The molecule has 0 unspecified atom stereocenters. The Morgan fingerprint density at radius 1 is 1.13 bits per heavy atom. The van der Waals surface area contributed by atoms with Crippen LogP contribution in [-0.4, -0.2) is 47.4 Å². The Balaban J connectivity index is 1.58. The molecule has 9 heteroatoms. The lowest BCUT2D eigenvalue weighted by Gasteiger charge is -2.12. The Labute approximate surface area is 178 Å². The zero-order valence-electron chi connectivity index (χ0n) is 16.9. The van der Waals surface area contributed by atoms with Crippen LogP contribution in [0.25, 0.3) is 11.4 Å². The summed E-state index contributed by atoms with van der Waals surface area (Å²) in [5, 5.41) is 6.69. The molecule has 0 atom stereocenters. The molecule has 1 heterocycles. The molecular formula is C21H22N4O4S. The topological polar surface area (TPSA) is 97.6 Å². The van der Waals surface area contributed by atoms with Gasteiger partial charge in [-0.25, -0.2) is 0 Å². The fourth-order valence-corrected chi connectivity index (χ4v) is 3.24. The first kappa shape index (κ1) is 21.4. The molecule has 2 aromatic carbocycles. The second-order valence-electron chi connectivity index (χ2n) is 6.55. The fraction of sp³-hybridized carbons (Fsp3) is 0.238. The fourth-order valence-electron chi connectivity index (χ4n) is 2.49. The molecule has 30 heavy (non-hydrogen) atoms. The van der Waals surface area contributed by atoms with Gasteiger partial charge in [0.1, 0.15) is 5.75 Å². The Kier molecular flexibility index (Phi) is 7.08. The third-order valence-corrected chi connectivity index (χ3v) is 5.22. The van der Waals surface area contributed by atoms with Crippen molar-refractivity contribution in [2.24, 2.45) is 0 Å². The molecule has 156 valence electrons. The van der Waals surface area contributed by atoms with E-state index in [4.69, 9.17) is 9.26 Å². The second kappa shape index (κ2) is 9.93. The third-order valence-electron chi connectivity index (χ3n) is 4.11. The Bertz CT molecular complexity index is 1020. The monoisotopic (exact) mass is 426 g/mol. The first-order valence-electron chi connectivity index (χ1n) is 9.21. The maximum atomic E-state index is 12.4. The van der Waals surface area contributed by atoms with Gasteiger partial charge in [-0.05, 0) is 48.2 Å². The van der Waals surface area contributed by atoms with Crippen LogP contribution in [-0.2, 0) is 11.2 Å². The van der Waals surface area contributed by atoms with Crippen molar-refractivity contribution in [1.82, 2.24) is 15.0 Å². The number of benzene rings is 2. The molecule has 0 aliphatic rings. The molecule has 0 aliphatic heterocycles. The Morgan fingerprint density at radius 3 is 2.57 bits per heavy atom. The maximum Gasteiger partial charge on any atom is 0.286 e. The Morgan fingerprint density at radius 2 is 1.87 bits per heavy atom. The second-order valence-corrected chi connectivity index (χ2v) is 7.54. The van der Waals surface area contributed by atoms with Crippen LogP contribution in [0.2, 0.25) is 0 Å². The number of para-hydroxylation sites is 1. The van der Waals surface area contributed by atoms with Crippen molar-refractivity contribution in [2.45, 2.75) is 17.7 Å². The number of thioether (sulfide) groups is 1. The van der Waals surface area contributed by atoms with Gasteiger partial charge in [-0.2, -0.15) is 4.98 Å². The van der Waals surface area contributed by atoms with Crippen molar-refractivity contribution in [2.75, 3.05) is 26.5 Å². The summed E-state index contributed by atoms with van der Waals surface area (Å²) in [6.45, 7) is 0. The van der Waals surface area contributed by atoms with Gasteiger partial charge in [0.15, 0.2) is 0 Å². The number of anilines is 1. The van der Waals surface area contributed by atoms with E-state index in [1.807, 2.05) is 30.3 Å². The number of rotatable bonds is 7. The summed E-state index contributed by atoms with van der Waals surface area (Å²) in [7, 11) is 4.96. The third kappa shape index (κ3) is 5.60. The predicted molar refractivity (Wildman–Crippen MR) is 115 cm³/mol. The predicted octanol–water partition coefficient (Wildman–Crippen LogP) is 4.09. The number of ether oxygens (including phenoxy) is 1. The highest BCUT2D eigenvalue weighted by molar-refractivity contribution is 8.13. The van der Waals surface area contributed by atoms with E-state index in [2.05, 4.69) is 15.5 Å². The number of aromatic nitrogens is 2. The number of amides is 2. The summed E-state index contributed by atoms with van der Waals surface area (Å²) in [5.41, 5.74) is 1.39. The van der Waals surface area contributed by atoms with Crippen LogP contribution in [0.5, 0.6) is 5.75 Å². The number of methoxy groups -OCH3 is 1. The van der Waals surface area contributed by atoms with Crippen LogP contribution in [0, 0.1) is 0 Å². The molecule has 0 aliphatic carbocycles. The van der Waals surface area contributed by atoms with Crippen LogP contribution < -0.4 is 10.1 Å². The van der Waals surface area contributed by atoms with Gasteiger partial charge < -0.3 is 19.5 Å². The van der Waals surface area contributed by atoms with Crippen molar-refractivity contribution >= 4 is 28.6 Å². The zero-order valence-corrected chi connectivity index (χ0v) is 17.7.